The normalized spacial score (nSPS) is 13.4. The molecule has 0 fully saturated rings. The highest BCUT2D eigenvalue weighted by Gasteiger charge is 2.25. The van der Waals surface area contributed by atoms with E-state index in [4.69, 9.17) is 0 Å². The van der Waals surface area contributed by atoms with Crippen LogP contribution in [0, 0.1) is 0 Å². The van der Waals surface area contributed by atoms with Crippen LogP contribution in [-0.2, 0) is 17.1 Å². The molecule has 2 rings (SSSR count). The predicted octanol–water partition coefficient (Wildman–Crippen LogP) is 1.62. The second kappa shape index (κ2) is 5.40. The molecule has 1 N–H and O–H groups in total. The molecule has 1 heterocycles. The lowest BCUT2D eigenvalue weighted by Gasteiger charge is -2.14. The van der Waals surface area contributed by atoms with E-state index in [9.17, 15) is 8.42 Å². The van der Waals surface area contributed by atoms with Crippen molar-refractivity contribution in [1.29, 1.82) is 0 Å². The number of hydrogen-bond donors (Lipinski definition) is 1. The number of aryl methyl sites for hydroxylation is 1. The zero-order valence-corrected chi connectivity index (χ0v) is 12.8. The molecule has 102 valence electrons. The van der Waals surface area contributed by atoms with Gasteiger partial charge in [-0.15, -0.1) is 5.10 Å². The zero-order chi connectivity index (χ0) is 14.0. The van der Waals surface area contributed by atoms with Crippen molar-refractivity contribution in [2.24, 2.45) is 7.05 Å². The van der Waals surface area contributed by atoms with Gasteiger partial charge in [-0.2, -0.15) is 0 Å². The second-order valence-corrected chi connectivity index (χ2v) is 6.44. The van der Waals surface area contributed by atoms with Crippen LogP contribution in [0.3, 0.4) is 0 Å². The summed E-state index contributed by atoms with van der Waals surface area (Å²) in [4.78, 5) is 0. The molecule has 0 radical (unpaired) electrons. The average molecular weight is 345 g/mol. The Labute approximate surface area is 120 Å². The molecule has 0 aliphatic rings. The van der Waals surface area contributed by atoms with Gasteiger partial charge in [-0.1, -0.05) is 35.5 Å². The SMILES string of the molecule is C[C@@H](NS(=O)(=O)c1c(Br)nnn1C)c1ccccc1. The van der Waals surface area contributed by atoms with Crippen LogP contribution in [-0.4, -0.2) is 23.4 Å². The molecule has 0 amide bonds. The minimum Gasteiger partial charge on any atom is -0.235 e. The van der Waals surface area contributed by atoms with E-state index in [1.807, 2.05) is 30.3 Å². The Morgan fingerprint density at radius 3 is 2.47 bits per heavy atom. The number of nitrogens with one attached hydrogen (secondary N) is 1. The van der Waals surface area contributed by atoms with Gasteiger partial charge in [0.2, 0.25) is 5.03 Å². The van der Waals surface area contributed by atoms with E-state index in [0.717, 1.165) is 5.56 Å². The summed E-state index contributed by atoms with van der Waals surface area (Å²) in [6.45, 7) is 1.78. The van der Waals surface area contributed by atoms with Crippen LogP contribution in [0.4, 0.5) is 0 Å². The maximum absolute atomic E-state index is 12.3. The standard InChI is InChI=1S/C11H13BrN4O2S/c1-8(9-6-4-3-5-7-9)14-19(17,18)11-10(12)13-15-16(11)2/h3-8,14H,1-2H3/t8-/m1/s1. The molecule has 2 aromatic rings. The van der Waals surface area contributed by atoms with Gasteiger partial charge in [0.25, 0.3) is 10.0 Å². The van der Waals surface area contributed by atoms with Crippen LogP contribution in [0.25, 0.3) is 0 Å². The number of hydrogen-bond acceptors (Lipinski definition) is 4. The molecule has 0 unspecified atom stereocenters. The molecular formula is C11H13BrN4O2S. The lowest BCUT2D eigenvalue weighted by atomic mass is 10.1. The van der Waals surface area contributed by atoms with Crippen molar-refractivity contribution < 1.29 is 8.42 Å². The fourth-order valence-electron chi connectivity index (χ4n) is 1.71. The topological polar surface area (TPSA) is 76.9 Å². The van der Waals surface area contributed by atoms with Crippen LogP contribution < -0.4 is 4.72 Å². The van der Waals surface area contributed by atoms with Gasteiger partial charge in [0.15, 0.2) is 4.60 Å². The summed E-state index contributed by atoms with van der Waals surface area (Å²) < 4.78 is 28.6. The van der Waals surface area contributed by atoms with Crippen LogP contribution in [0.15, 0.2) is 40.0 Å². The van der Waals surface area contributed by atoms with Crippen molar-refractivity contribution in [1.82, 2.24) is 19.7 Å². The highest BCUT2D eigenvalue weighted by atomic mass is 79.9. The van der Waals surface area contributed by atoms with E-state index in [2.05, 4.69) is 31.0 Å². The number of halogens is 1. The van der Waals surface area contributed by atoms with Gasteiger partial charge in [-0.25, -0.2) is 17.8 Å². The van der Waals surface area contributed by atoms with Crippen molar-refractivity contribution in [2.45, 2.75) is 18.0 Å². The fraction of sp³-hybridized carbons (Fsp3) is 0.273. The van der Waals surface area contributed by atoms with Crippen molar-refractivity contribution in [3.63, 3.8) is 0 Å². The van der Waals surface area contributed by atoms with E-state index in [0.29, 0.717) is 0 Å². The molecule has 0 aliphatic carbocycles. The molecule has 0 aliphatic heterocycles. The summed E-state index contributed by atoms with van der Waals surface area (Å²) in [5.74, 6) is 0. The summed E-state index contributed by atoms with van der Waals surface area (Å²) in [6.07, 6.45) is 0. The van der Waals surface area contributed by atoms with Crippen molar-refractivity contribution >= 4 is 26.0 Å². The Hall–Kier alpha value is -1.25. The quantitative estimate of drug-likeness (QED) is 0.914. The minimum absolute atomic E-state index is 0.00952. The molecular weight excluding hydrogens is 332 g/mol. The van der Waals surface area contributed by atoms with Crippen LogP contribution in [0.5, 0.6) is 0 Å². The third-order valence-corrected chi connectivity index (χ3v) is 5.05. The number of nitrogens with zero attached hydrogens (tertiary/aromatic N) is 3. The molecule has 1 atom stereocenters. The fourth-order valence-corrected chi connectivity index (χ4v) is 4.03. The molecule has 8 heteroatoms. The molecule has 1 aromatic heterocycles. The summed E-state index contributed by atoms with van der Waals surface area (Å²) in [5, 5.41) is 7.35. The summed E-state index contributed by atoms with van der Waals surface area (Å²) in [5.41, 5.74) is 0.886. The van der Waals surface area contributed by atoms with E-state index >= 15 is 0 Å². The van der Waals surface area contributed by atoms with E-state index in [-0.39, 0.29) is 15.7 Å². The van der Waals surface area contributed by atoms with Crippen LogP contribution >= 0.6 is 15.9 Å². The van der Waals surface area contributed by atoms with Gasteiger partial charge >= 0.3 is 0 Å². The molecule has 0 saturated heterocycles. The highest BCUT2D eigenvalue weighted by molar-refractivity contribution is 9.10. The molecule has 1 aromatic carbocycles. The third-order valence-electron chi connectivity index (χ3n) is 2.62. The molecule has 0 spiro atoms. The van der Waals surface area contributed by atoms with Crippen molar-refractivity contribution in [3.8, 4) is 0 Å². The Morgan fingerprint density at radius 2 is 1.95 bits per heavy atom. The van der Waals surface area contributed by atoms with E-state index in [1.54, 1.807) is 6.92 Å². The summed E-state index contributed by atoms with van der Waals surface area (Å²) in [7, 11) is -2.16. The minimum atomic E-state index is -3.68. The first-order chi connectivity index (χ1) is 8.92. The third kappa shape index (κ3) is 3.02. The molecule has 0 bridgehead atoms. The number of sulfonamides is 1. The number of aromatic nitrogens is 3. The maximum Gasteiger partial charge on any atom is 0.261 e. The Bertz CT molecular complexity index is 650. The first-order valence-corrected chi connectivity index (χ1v) is 7.82. The van der Waals surface area contributed by atoms with Gasteiger partial charge in [0, 0.05) is 13.1 Å². The van der Waals surface area contributed by atoms with Gasteiger partial charge < -0.3 is 0 Å². The molecule has 0 saturated carbocycles. The highest BCUT2D eigenvalue weighted by Crippen LogP contribution is 2.21. The maximum atomic E-state index is 12.3. The summed E-state index contributed by atoms with van der Waals surface area (Å²) >= 11 is 3.09. The molecule has 6 nitrogen and oxygen atoms in total. The monoisotopic (exact) mass is 344 g/mol. The summed E-state index contributed by atoms with van der Waals surface area (Å²) in [6, 6.07) is 9.00. The van der Waals surface area contributed by atoms with Gasteiger partial charge in [-0.3, -0.25) is 0 Å². The second-order valence-electron chi connectivity index (χ2n) is 4.06. The van der Waals surface area contributed by atoms with E-state index in [1.165, 1.54) is 11.7 Å². The first kappa shape index (κ1) is 14.2. The predicted molar refractivity (Wildman–Crippen MR) is 73.9 cm³/mol. The zero-order valence-electron chi connectivity index (χ0n) is 10.4. The van der Waals surface area contributed by atoms with Crippen molar-refractivity contribution in [3.05, 3.63) is 40.5 Å². The Balaban J connectivity index is 2.28. The van der Waals surface area contributed by atoms with Crippen molar-refractivity contribution in [2.75, 3.05) is 0 Å². The largest absolute Gasteiger partial charge is 0.261 e. The van der Waals surface area contributed by atoms with Crippen LogP contribution in [0.1, 0.15) is 18.5 Å². The van der Waals surface area contributed by atoms with Gasteiger partial charge in [0.05, 0.1) is 0 Å². The first-order valence-electron chi connectivity index (χ1n) is 5.54. The van der Waals surface area contributed by atoms with Crippen LogP contribution in [0.2, 0.25) is 0 Å². The average Bonchev–Trinajstić information content (AvgIpc) is 2.70. The lowest BCUT2D eigenvalue weighted by Crippen LogP contribution is -2.28. The van der Waals surface area contributed by atoms with Gasteiger partial charge in [-0.05, 0) is 28.4 Å². The Kier molecular flexibility index (Phi) is 4.02. The molecule has 19 heavy (non-hydrogen) atoms. The smallest absolute Gasteiger partial charge is 0.235 e. The van der Waals surface area contributed by atoms with Gasteiger partial charge in [0.1, 0.15) is 0 Å². The lowest BCUT2D eigenvalue weighted by molar-refractivity contribution is 0.548. The number of benzene rings is 1. The Morgan fingerprint density at radius 1 is 1.32 bits per heavy atom. The number of rotatable bonds is 4. The van der Waals surface area contributed by atoms with E-state index < -0.39 is 10.0 Å².